The Kier molecular flexibility index (Phi) is 5.40. The molecule has 0 radical (unpaired) electrons. The minimum atomic E-state index is -0.207. The molecular formula is C20H17ClN2O2S. The molecule has 1 heterocycles. The highest BCUT2D eigenvalue weighted by Crippen LogP contribution is 2.12. The van der Waals surface area contributed by atoms with Crippen LogP contribution in [0.15, 0.2) is 53.3 Å². The highest BCUT2D eigenvalue weighted by Gasteiger charge is 2.03. The number of nitrogens with one attached hydrogen (secondary N) is 1. The lowest BCUT2D eigenvalue weighted by Crippen LogP contribution is -2.20. The lowest BCUT2D eigenvalue weighted by atomic mass is 10.1. The molecule has 6 heteroatoms. The number of nitrogens with zero attached hydrogens (tertiary/aromatic N) is 1. The van der Waals surface area contributed by atoms with Gasteiger partial charge in [-0.05, 0) is 48.0 Å². The number of thiazole rings is 1. The van der Waals surface area contributed by atoms with Gasteiger partial charge in [-0.2, -0.15) is 0 Å². The van der Waals surface area contributed by atoms with Crippen LogP contribution in [-0.4, -0.2) is 24.9 Å². The fraction of sp³-hybridized carbons (Fsp3) is 0.100. The molecule has 1 N–H and O–H groups in total. The molecule has 0 spiro atoms. The second kappa shape index (κ2) is 7.72. The van der Waals surface area contributed by atoms with Crippen LogP contribution in [0.2, 0.25) is 5.02 Å². The summed E-state index contributed by atoms with van der Waals surface area (Å²) < 4.78 is 1.07. The van der Waals surface area contributed by atoms with Crippen LogP contribution in [0.3, 0.4) is 0 Å². The standard InChI is InChI=1S/C20H17ClN2O2S/c1-23(2)16-9-3-13(4-10-16)11-18-20(25)22-19(26-18)12-17(24)14-5-7-15(21)8-6-14/h3-12H,1-2H3,(H,22,25). The minimum Gasteiger partial charge on any atom is -0.378 e. The number of anilines is 1. The van der Waals surface area contributed by atoms with Gasteiger partial charge in [0, 0.05) is 36.4 Å². The molecule has 0 unspecified atom stereocenters. The SMILES string of the molecule is CN(C)c1ccc(C=c2sc(=CC(=O)c3ccc(Cl)cc3)[nH]c2=O)cc1. The Labute approximate surface area is 159 Å². The molecule has 0 fully saturated rings. The number of aromatic nitrogens is 1. The van der Waals surface area contributed by atoms with Gasteiger partial charge in [0.05, 0.1) is 9.20 Å². The molecule has 3 aromatic rings. The number of rotatable bonds is 4. The normalized spacial score (nSPS) is 12.4. The predicted octanol–water partition coefficient (Wildman–Crippen LogP) is 2.65. The summed E-state index contributed by atoms with van der Waals surface area (Å²) in [4.78, 5) is 29.2. The van der Waals surface area contributed by atoms with Crippen molar-refractivity contribution < 1.29 is 4.79 Å². The van der Waals surface area contributed by atoms with Gasteiger partial charge in [-0.3, -0.25) is 9.59 Å². The number of Topliss-reactive ketones (excluding diaryl/α,β-unsaturated/α-hetero) is 1. The van der Waals surface area contributed by atoms with E-state index in [1.165, 1.54) is 17.4 Å². The number of benzene rings is 2. The van der Waals surface area contributed by atoms with Crippen molar-refractivity contribution in [3.8, 4) is 0 Å². The summed E-state index contributed by atoms with van der Waals surface area (Å²) in [6.45, 7) is 0. The van der Waals surface area contributed by atoms with Crippen molar-refractivity contribution in [2.75, 3.05) is 19.0 Å². The van der Waals surface area contributed by atoms with Crippen LogP contribution in [0.1, 0.15) is 15.9 Å². The lowest BCUT2D eigenvalue weighted by Gasteiger charge is -2.11. The maximum absolute atomic E-state index is 12.3. The third-order valence-electron chi connectivity index (χ3n) is 3.78. The van der Waals surface area contributed by atoms with Gasteiger partial charge in [0.25, 0.3) is 5.56 Å². The van der Waals surface area contributed by atoms with E-state index in [1.807, 2.05) is 49.3 Å². The maximum Gasteiger partial charge on any atom is 0.266 e. The Hall–Kier alpha value is -2.63. The molecule has 0 amide bonds. The van der Waals surface area contributed by atoms with Crippen molar-refractivity contribution in [3.63, 3.8) is 0 Å². The zero-order chi connectivity index (χ0) is 18.7. The molecule has 0 aliphatic carbocycles. The van der Waals surface area contributed by atoms with Gasteiger partial charge in [0.15, 0.2) is 5.78 Å². The number of aromatic amines is 1. The van der Waals surface area contributed by atoms with Crippen LogP contribution >= 0.6 is 22.9 Å². The minimum absolute atomic E-state index is 0.180. The van der Waals surface area contributed by atoms with Crippen LogP contribution in [0.4, 0.5) is 5.69 Å². The smallest absolute Gasteiger partial charge is 0.266 e. The van der Waals surface area contributed by atoms with E-state index in [1.54, 1.807) is 24.3 Å². The van der Waals surface area contributed by atoms with Gasteiger partial charge in [0.1, 0.15) is 0 Å². The van der Waals surface area contributed by atoms with E-state index in [2.05, 4.69) is 4.98 Å². The Morgan fingerprint density at radius 1 is 1.08 bits per heavy atom. The van der Waals surface area contributed by atoms with E-state index in [4.69, 9.17) is 11.6 Å². The van der Waals surface area contributed by atoms with E-state index in [-0.39, 0.29) is 11.3 Å². The second-order valence-corrected chi connectivity index (χ2v) is 7.45. The molecule has 132 valence electrons. The third kappa shape index (κ3) is 4.31. The highest BCUT2D eigenvalue weighted by molar-refractivity contribution is 7.07. The summed E-state index contributed by atoms with van der Waals surface area (Å²) in [6, 6.07) is 14.5. The molecule has 26 heavy (non-hydrogen) atoms. The van der Waals surface area contributed by atoms with E-state index in [9.17, 15) is 9.59 Å². The monoisotopic (exact) mass is 384 g/mol. The van der Waals surface area contributed by atoms with Gasteiger partial charge in [-0.25, -0.2) is 0 Å². The number of hydrogen-bond donors (Lipinski definition) is 1. The number of carbonyl (C=O) groups excluding carboxylic acids is 1. The van der Waals surface area contributed by atoms with E-state index >= 15 is 0 Å². The fourth-order valence-corrected chi connectivity index (χ4v) is 3.37. The van der Waals surface area contributed by atoms with Gasteiger partial charge >= 0.3 is 0 Å². The van der Waals surface area contributed by atoms with Crippen LogP contribution in [0.5, 0.6) is 0 Å². The summed E-state index contributed by atoms with van der Waals surface area (Å²) in [7, 11) is 3.95. The fourth-order valence-electron chi connectivity index (χ4n) is 2.36. The summed E-state index contributed by atoms with van der Waals surface area (Å²) >= 11 is 7.09. The highest BCUT2D eigenvalue weighted by atomic mass is 35.5. The van der Waals surface area contributed by atoms with Gasteiger partial charge in [-0.1, -0.05) is 23.7 Å². The van der Waals surface area contributed by atoms with Crippen LogP contribution in [-0.2, 0) is 0 Å². The van der Waals surface area contributed by atoms with Gasteiger partial charge in [0.2, 0.25) is 0 Å². The first-order valence-corrected chi connectivity index (χ1v) is 9.12. The van der Waals surface area contributed by atoms with Crippen molar-refractivity contribution >= 4 is 46.6 Å². The van der Waals surface area contributed by atoms with Crippen molar-refractivity contribution in [1.29, 1.82) is 0 Å². The molecule has 0 bridgehead atoms. The molecule has 0 saturated heterocycles. The first kappa shape index (κ1) is 18.2. The number of ketones is 1. The Morgan fingerprint density at radius 3 is 2.35 bits per heavy atom. The molecule has 0 aliphatic heterocycles. The number of hydrogen-bond acceptors (Lipinski definition) is 4. The van der Waals surface area contributed by atoms with Crippen LogP contribution < -0.4 is 19.7 Å². The number of carbonyl (C=O) groups is 1. The first-order chi connectivity index (χ1) is 12.4. The van der Waals surface area contributed by atoms with Crippen molar-refractivity contribution in [3.05, 3.63) is 84.2 Å². The second-order valence-electron chi connectivity index (χ2n) is 5.93. The maximum atomic E-state index is 12.3. The topological polar surface area (TPSA) is 53.2 Å². The van der Waals surface area contributed by atoms with E-state index < -0.39 is 0 Å². The molecular weight excluding hydrogens is 368 g/mol. The average Bonchev–Trinajstić information content (AvgIpc) is 2.95. The lowest BCUT2D eigenvalue weighted by molar-refractivity contribution is 0.106. The van der Waals surface area contributed by atoms with Crippen molar-refractivity contribution in [1.82, 2.24) is 4.98 Å². The molecule has 0 atom stereocenters. The summed E-state index contributed by atoms with van der Waals surface area (Å²) in [5, 5.41) is 0.572. The summed E-state index contributed by atoms with van der Waals surface area (Å²) in [6.07, 6.45) is 3.24. The first-order valence-electron chi connectivity index (χ1n) is 7.92. The Balaban J connectivity index is 1.92. The van der Waals surface area contributed by atoms with Crippen molar-refractivity contribution in [2.45, 2.75) is 0 Å². The van der Waals surface area contributed by atoms with Crippen molar-refractivity contribution in [2.24, 2.45) is 0 Å². The summed E-state index contributed by atoms with van der Waals surface area (Å²) in [5.41, 5.74) is 2.33. The van der Waals surface area contributed by atoms with Gasteiger partial charge < -0.3 is 9.88 Å². The average molecular weight is 385 g/mol. The number of H-pyrrole nitrogens is 1. The van der Waals surface area contributed by atoms with E-state index in [0.717, 1.165) is 11.3 Å². The number of halogens is 1. The molecule has 1 aromatic heterocycles. The zero-order valence-electron chi connectivity index (χ0n) is 14.3. The molecule has 0 aliphatic rings. The largest absolute Gasteiger partial charge is 0.378 e. The molecule has 4 nitrogen and oxygen atoms in total. The Morgan fingerprint density at radius 2 is 1.73 bits per heavy atom. The van der Waals surface area contributed by atoms with Gasteiger partial charge in [-0.15, -0.1) is 11.3 Å². The summed E-state index contributed by atoms with van der Waals surface area (Å²) in [5.74, 6) is -0.180. The molecule has 2 aromatic carbocycles. The van der Waals surface area contributed by atoms with Crippen LogP contribution in [0.25, 0.3) is 12.2 Å². The quantitative estimate of drug-likeness (QED) is 0.703. The predicted molar refractivity (Wildman–Crippen MR) is 109 cm³/mol. The Bertz CT molecular complexity index is 1090. The third-order valence-corrected chi connectivity index (χ3v) is 4.99. The zero-order valence-corrected chi connectivity index (χ0v) is 15.9. The van der Waals surface area contributed by atoms with Crippen LogP contribution in [0, 0.1) is 0 Å². The van der Waals surface area contributed by atoms with E-state index in [0.29, 0.717) is 19.8 Å². The molecule has 3 rings (SSSR count). The molecule has 0 saturated carbocycles.